The fourth-order valence-electron chi connectivity index (χ4n) is 2.35. The molecule has 2 rings (SSSR count). The van der Waals surface area contributed by atoms with Crippen LogP contribution in [-0.2, 0) is 6.42 Å². The van der Waals surface area contributed by atoms with Crippen molar-refractivity contribution in [2.45, 2.75) is 38.8 Å². The monoisotopic (exact) mass is 204 g/mol. The molecule has 0 fully saturated rings. The van der Waals surface area contributed by atoms with E-state index >= 15 is 0 Å². The maximum atomic E-state index is 5.90. The van der Waals surface area contributed by atoms with Crippen molar-refractivity contribution in [3.05, 3.63) is 29.8 Å². The van der Waals surface area contributed by atoms with Gasteiger partial charge in [0.05, 0.1) is 0 Å². The molecule has 0 aliphatic carbocycles. The highest BCUT2D eigenvalue weighted by molar-refractivity contribution is 5.56. The summed E-state index contributed by atoms with van der Waals surface area (Å²) in [6.07, 6.45) is 2.44. The summed E-state index contributed by atoms with van der Waals surface area (Å²) in [6.45, 7) is 5.32. The van der Waals surface area contributed by atoms with Gasteiger partial charge < -0.3 is 10.6 Å². The molecule has 1 aliphatic rings. The van der Waals surface area contributed by atoms with E-state index in [-0.39, 0.29) is 6.04 Å². The van der Waals surface area contributed by atoms with Gasteiger partial charge in [0.15, 0.2) is 0 Å². The Hall–Kier alpha value is -1.02. The lowest BCUT2D eigenvalue weighted by atomic mass is 9.96. The molecule has 15 heavy (non-hydrogen) atoms. The smallest absolute Gasteiger partial charge is 0.0401 e. The highest BCUT2D eigenvalue weighted by Gasteiger charge is 2.22. The van der Waals surface area contributed by atoms with Crippen LogP contribution in [0.5, 0.6) is 0 Å². The average molecular weight is 204 g/mol. The van der Waals surface area contributed by atoms with Gasteiger partial charge in [-0.2, -0.15) is 0 Å². The topological polar surface area (TPSA) is 29.3 Å². The molecule has 0 saturated carbocycles. The first-order chi connectivity index (χ1) is 7.18. The van der Waals surface area contributed by atoms with Crippen LogP contribution in [0.25, 0.3) is 0 Å². The molecule has 2 nitrogen and oxygen atoms in total. The third kappa shape index (κ3) is 2.15. The standard InChI is InChI=1S/C13H20N2/c1-10(14)9-15-11(2)7-8-12-5-3-4-6-13(12)15/h3-6,10-11H,7-9,14H2,1-2H3/t10-,11?/m0/s1. The predicted molar refractivity (Wildman–Crippen MR) is 65.2 cm³/mol. The van der Waals surface area contributed by atoms with Crippen molar-refractivity contribution >= 4 is 5.69 Å². The largest absolute Gasteiger partial charge is 0.367 e. The van der Waals surface area contributed by atoms with Crippen molar-refractivity contribution in [2.75, 3.05) is 11.4 Å². The first-order valence-corrected chi connectivity index (χ1v) is 5.78. The van der Waals surface area contributed by atoms with Crippen molar-refractivity contribution in [1.82, 2.24) is 0 Å². The molecule has 0 spiro atoms. The molecule has 0 aromatic heterocycles. The molecule has 2 heteroatoms. The zero-order chi connectivity index (χ0) is 10.8. The molecule has 82 valence electrons. The number of aryl methyl sites for hydroxylation is 1. The Bertz CT molecular complexity index is 333. The summed E-state index contributed by atoms with van der Waals surface area (Å²) in [6, 6.07) is 9.54. The van der Waals surface area contributed by atoms with Crippen molar-refractivity contribution in [3.63, 3.8) is 0 Å². The predicted octanol–water partition coefficient (Wildman–Crippen LogP) is 2.17. The lowest BCUT2D eigenvalue weighted by molar-refractivity contribution is 0.537. The van der Waals surface area contributed by atoms with E-state index in [4.69, 9.17) is 5.73 Å². The quantitative estimate of drug-likeness (QED) is 0.800. The van der Waals surface area contributed by atoms with E-state index in [9.17, 15) is 0 Å². The second-order valence-electron chi connectivity index (χ2n) is 4.65. The second-order valence-corrected chi connectivity index (χ2v) is 4.65. The van der Waals surface area contributed by atoms with E-state index < -0.39 is 0 Å². The van der Waals surface area contributed by atoms with Gasteiger partial charge in [0.1, 0.15) is 0 Å². The van der Waals surface area contributed by atoms with E-state index in [0.717, 1.165) is 6.54 Å². The van der Waals surface area contributed by atoms with Crippen molar-refractivity contribution in [1.29, 1.82) is 0 Å². The molecule has 1 aliphatic heterocycles. The van der Waals surface area contributed by atoms with Crippen LogP contribution in [0, 0.1) is 0 Å². The van der Waals surface area contributed by atoms with Crippen LogP contribution in [0.1, 0.15) is 25.8 Å². The van der Waals surface area contributed by atoms with Gasteiger partial charge >= 0.3 is 0 Å². The molecule has 1 aromatic carbocycles. The van der Waals surface area contributed by atoms with Crippen molar-refractivity contribution in [3.8, 4) is 0 Å². The minimum atomic E-state index is 0.235. The lowest BCUT2D eigenvalue weighted by Crippen LogP contribution is -2.43. The van der Waals surface area contributed by atoms with Gasteiger partial charge in [-0.1, -0.05) is 18.2 Å². The normalized spacial score (nSPS) is 22.3. The van der Waals surface area contributed by atoms with Gasteiger partial charge in [-0.05, 0) is 38.3 Å². The lowest BCUT2D eigenvalue weighted by Gasteiger charge is -2.38. The Morgan fingerprint density at radius 3 is 2.93 bits per heavy atom. The summed E-state index contributed by atoms with van der Waals surface area (Å²) >= 11 is 0. The van der Waals surface area contributed by atoms with E-state index in [1.54, 1.807) is 0 Å². The highest BCUT2D eigenvalue weighted by atomic mass is 15.2. The van der Waals surface area contributed by atoms with E-state index in [0.29, 0.717) is 6.04 Å². The molecule has 1 aromatic rings. The van der Waals surface area contributed by atoms with Crippen LogP contribution >= 0.6 is 0 Å². The number of nitrogens with zero attached hydrogens (tertiary/aromatic N) is 1. The van der Waals surface area contributed by atoms with Gasteiger partial charge in [0, 0.05) is 24.3 Å². The Morgan fingerprint density at radius 2 is 2.20 bits per heavy atom. The summed E-state index contributed by atoms with van der Waals surface area (Å²) in [5.41, 5.74) is 8.75. The third-order valence-corrected chi connectivity index (χ3v) is 3.15. The van der Waals surface area contributed by atoms with Crippen LogP contribution in [0.2, 0.25) is 0 Å². The zero-order valence-corrected chi connectivity index (χ0v) is 9.61. The molecule has 0 bridgehead atoms. The van der Waals surface area contributed by atoms with Gasteiger partial charge in [-0.25, -0.2) is 0 Å². The number of benzene rings is 1. The summed E-state index contributed by atoms with van der Waals surface area (Å²) in [7, 11) is 0. The number of fused-ring (bicyclic) bond motifs is 1. The molecule has 0 radical (unpaired) electrons. The molecule has 1 unspecified atom stereocenters. The summed E-state index contributed by atoms with van der Waals surface area (Å²) in [4.78, 5) is 2.45. The van der Waals surface area contributed by atoms with E-state index in [2.05, 4.69) is 43.0 Å². The maximum absolute atomic E-state index is 5.90. The number of rotatable bonds is 2. The minimum absolute atomic E-state index is 0.235. The number of nitrogens with two attached hydrogens (primary N) is 1. The Morgan fingerprint density at radius 1 is 1.47 bits per heavy atom. The molecule has 2 atom stereocenters. The minimum Gasteiger partial charge on any atom is -0.367 e. The third-order valence-electron chi connectivity index (χ3n) is 3.15. The number of hydrogen-bond donors (Lipinski definition) is 1. The van der Waals surface area contributed by atoms with Crippen LogP contribution in [0.3, 0.4) is 0 Å². The van der Waals surface area contributed by atoms with Gasteiger partial charge in [0.25, 0.3) is 0 Å². The Balaban J connectivity index is 2.28. The van der Waals surface area contributed by atoms with E-state index in [1.807, 2.05) is 0 Å². The molecule has 1 heterocycles. The number of para-hydroxylation sites is 1. The molecular formula is C13H20N2. The molecule has 0 saturated heterocycles. The van der Waals surface area contributed by atoms with Gasteiger partial charge in [-0.3, -0.25) is 0 Å². The van der Waals surface area contributed by atoms with E-state index in [1.165, 1.54) is 24.1 Å². The van der Waals surface area contributed by atoms with Crippen LogP contribution < -0.4 is 10.6 Å². The second kappa shape index (κ2) is 4.23. The SMILES string of the molecule is CC1CCc2ccccc2N1C[C@H](C)N. The maximum Gasteiger partial charge on any atom is 0.0401 e. The summed E-state index contributed by atoms with van der Waals surface area (Å²) in [5.74, 6) is 0. The summed E-state index contributed by atoms with van der Waals surface area (Å²) in [5, 5.41) is 0. The molecule has 0 amide bonds. The zero-order valence-electron chi connectivity index (χ0n) is 9.61. The fourth-order valence-corrected chi connectivity index (χ4v) is 2.35. The van der Waals surface area contributed by atoms with Crippen LogP contribution in [-0.4, -0.2) is 18.6 Å². The molecular weight excluding hydrogens is 184 g/mol. The van der Waals surface area contributed by atoms with Crippen molar-refractivity contribution in [2.24, 2.45) is 5.73 Å². The number of hydrogen-bond acceptors (Lipinski definition) is 2. The first-order valence-electron chi connectivity index (χ1n) is 5.78. The molecule has 2 N–H and O–H groups in total. The fraction of sp³-hybridized carbons (Fsp3) is 0.538. The van der Waals surface area contributed by atoms with Gasteiger partial charge in [0.2, 0.25) is 0 Å². The van der Waals surface area contributed by atoms with Crippen LogP contribution in [0.15, 0.2) is 24.3 Å². The first kappa shape index (κ1) is 10.5. The average Bonchev–Trinajstić information content (AvgIpc) is 2.22. The Kier molecular flexibility index (Phi) is 2.96. The highest BCUT2D eigenvalue weighted by Crippen LogP contribution is 2.30. The number of anilines is 1. The Labute approximate surface area is 92.1 Å². The van der Waals surface area contributed by atoms with Gasteiger partial charge in [-0.15, -0.1) is 0 Å². The summed E-state index contributed by atoms with van der Waals surface area (Å²) < 4.78 is 0. The van der Waals surface area contributed by atoms with Crippen LogP contribution in [0.4, 0.5) is 5.69 Å². The van der Waals surface area contributed by atoms with Crippen molar-refractivity contribution < 1.29 is 0 Å².